The van der Waals surface area contributed by atoms with Gasteiger partial charge in [-0.2, -0.15) is 17.9 Å². The zero-order chi connectivity index (χ0) is 12.8. The van der Waals surface area contributed by atoms with Gasteiger partial charge >= 0.3 is 0 Å². The van der Waals surface area contributed by atoms with Crippen LogP contribution in [0.2, 0.25) is 0 Å². The first-order chi connectivity index (χ1) is 8.31. The lowest BCUT2D eigenvalue weighted by Gasteiger charge is -2.05. The van der Waals surface area contributed by atoms with Gasteiger partial charge in [-0.25, -0.2) is 0 Å². The molecule has 1 atom stereocenters. The van der Waals surface area contributed by atoms with Gasteiger partial charge in [-0.05, 0) is 6.42 Å². The molecule has 0 N–H and O–H groups in total. The van der Waals surface area contributed by atoms with Gasteiger partial charge in [0.25, 0.3) is 0 Å². The average molecular weight is 255 g/mol. The van der Waals surface area contributed by atoms with Crippen molar-refractivity contribution in [1.29, 1.82) is 5.26 Å². The van der Waals surface area contributed by atoms with Crippen LogP contribution in [0.4, 0.5) is 0 Å². The standard InChI is InChI=1S/C15H29NS/c1-2-3-4-5-6-7-8-9-10-11-12-15(17)13-14-16/h15,17H,2-13H2,1H3. The molecule has 0 amide bonds. The van der Waals surface area contributed by atoms with E-state index in [-0.39, 0.29) is 0 Å². The molecule has 17 heavy (non-hydrogen) atoms. The normalized spacial score (nSPS) is 12.3. The SMILES string of the molecule is CCCCCCCCCCCCC(S)CC#N. The Kier molecular flexibility index (Phi) is 13.8. The topological polar surface area (TPSA) is 23.8 Å². The minimum atomic E-state index is 0.300. The van der Waals surface area contributed by atoms with E-state index in [1.807, 2.05) is 0 Å². The molecule has 100 valence electrons. The third-order valence-electron chi connectivity index (χ3n) is 3.22. The first-order valence-electron chi connectivity index (χ1n) is 7.36. The lowest BCUT2D eigenvalue weighted by Crippen LogP contribution is -1.96. The summed E-state index contributed by atoms with van der Waals surface area (Å²) in [6.45, 7) is 2.26. The molecule has 0 saturated carbocycles. The lowest BCUT2D eigenvalue weighted by molar-refractivity contribution is 0.547. The smallest absolute Gasteiger partial charge is 0.0633 e. The fourth-order valence-electron chi connectivity index (χ4n) is 2.07. The Balaban J connectivity index is 3.01. The highest BCUT2D eigenvalue weighted by Crippen LogP contribution is 2.14. The minimum Gasteiger partial charge on any atom is -0.198 e. The summed E-state index contributed by atoms with van der Waals surface area (Å²) in [5.41, 5.74) is 0. The van der Waals surface area contributed by atoms with Gasteiger partial charge in [0, 0.05) is 11.7 Å². The molecule has 0 bridgehead atoms. The molecule has 0 aromatic carbocycles. The van der Waals surface area contributed by atoms with E-state index in [1.54, 1.807) is 0 Å². The van der Waals surface area contributed by atoms with Crippen molar-refractivity contribution in [3.05, 3.63) is 0 Å². The summed E-state index contributed by atoms with van der Waals surface area (Å²) in [5, 5.41) is 8.80. The van der Waals surface area contributed by atoms with Gasteiger partial charge in [-0.3, -0.25) is 0 Å². The van der Waals surface area contributed by atoms with Crippen molar-refractivity contribution in [3.8, 4) is 6.07 Å². The highest BCUT2D eigenvalue weighted by molar-refractivity contribution is 7.80. The van der Waals surface area contributed by atoms with E-state index in [1.165, 1.54) is 64.2 Å². The van der Waals surface area contributed by atoms with Crippen LogP contribution < -0.4 is 0 Å². The van der Waals surface area contributed by atoms with Crippen molar-refractivity contribution in [2.24, 2.45) is 0 Å². The maximum atomic E-state index is 8.50. The Morgan fingerprint density at radius 1 is 0.882 bits per heavy atom. The lowest BCUT2D eigenvalue weighted by atomic mass is 10.0. The molecule has 0 aliphatic carbocycles. The highest BCUT2D eigenvalue weighted by atomic mass is 32.1. The van der Waals surface area contributed by atoms with E-state index in [9.17, 15) is 0 Å². The Hall–Kier alpha value is -0.160. The maximum Gasteiger partial charge on any atom is 0.0633 e. The van der Waals surface area contributed by atoms with Crippen LogP contribution >= 0.6 is 12.6 Å². The molecular weight excluding hydrogens is 226 g/mol. The van der Waals surface area contributed by atoms with Crippen molar-refractivity contribution in [3.63, 3.8) is 0 Å². The molecular formula is C15H29NS. The first kappa shape index (κ1) is 16.8. The molecule has 2 heteroatoms. The monoisotopic (exact) mass is 255 g/mol. The fraction of sp³-hybridized carbons (Fsp3) is 0.933. The maximum absolute atomic E-state index is 8.50. The fourth-order valence-corrected chi connectivity index (χ4v) is 2.34. The number of nitrogens with zero attached hydrogens (tertiary/aromatic N) is 1. The molecule has 0 spiro atoms. The van der Waals surface area contributed by atoms with E-state index in [0.717, 1.165) is 6.42 Å². The van der Waals surface area contributed by atoms with E-state index < -0.39 is 0 Å². The van der Waals surface area contributed by atoms with Gasteiger partial charge in [0.1, 0.15) is 0 Å². The molecule has 0 fully saturated rings. The van der Waals surface area contributed by atoms with Crippen molar-refractivity contribution < 1.29 is 0 Å². The summed E-state index contributed by atoms with van der Waals surface area (Å²) in [6.07, 6.45) is 15.4. The predicted octanol–water partition coefficient (Wildman–Crippen LogP) is 5.51. The van der Waals surface area contributed by atoms with Crippen LogP contribution in [0.5, 0.6) is 0 Å². The Morgan fingerprint density at radius 3 is 1.82 bits per heavy atom. The zero-order valence-electron chi connectivity index (χ0n) is 11.5. The van der Waals surface area contributed by atoms with Crippen LogP contribution in [0.15, 0.2) is 0 Å². The van der Waals surface area contributed by atoms with Crippen LogP contribution in [-0.2, 0) is 0 Å². The number of nitriles is 1. The molecule has 0 heterocycles. The van der Waals surface area contributed by atoms with Crippen LogP contribution in [0.1, 0.15) is 84.0 Å². The summed E-state index contributed by atoms with van der Waals surface area (Å²) in [5.74, 6) is 0. The molecule has 0 aromatic rings. The third kappa shape index (κ3) is 13.8. The van der Waals surface area contributed by atoms with Gasteiger partial charge in [-0.1, -0.05) is 71.1 Å². The first-order valence-corrected chi connectivity index (χ1v) is 7.88. The van der Waals surface area contributed by atoms with Crippen molar-refractivity contribution in [2.75, 3.05) is 0 Å². The highest BCUT2D eigenvalue weighted by Gasteiger charge is 2.01. The number of thiol groups is 1. The van der Waals surface area contributed by atoms with Gasteiger partial charge in [-0.15, -0.1) is 0 Å². The number of hydrogen-bond donors (Lipinski definition) is 1. The molecule has 0 rings (SSSR count). The Morgan fingerprint density at radius 2 is 1.35 bits per heavy atom. The molecule has 0 radical (unpaired) electrons. The van der Waals surface area contributed by atoms with Gasteiger partial charge in [0.15, 0.2) is 0 Å². The summed E-state index contributed by atoms with van der Waals surface area (Å²) in [7, 11) is 0. The Labute approximate surface area is 113 Å². The number of rotatable bonds is 12. The number of unbranched alkanes of at least 4 members (excludes halogenated alkanes) is 9. The second kappa shape index (κ2) is 13.9. The average Bonchev–Trinajstić information content (AvgIpc) is 2.32. The summed E-state index contributed by atoms with van der Waals surface area (Å²) < 4.78 is 0. The largest absolute Gasteiger partial charge is 0.198 e. The molecule has 1 unspecified atom stereocenters. The van der Waals surface area contributed by atoms with E-state index in [2.05, 4.69) is 25.6 Å². The molecule has 0 aliphatic heterocycles. The van der Waals surface area contributed by atoms with E-state index >= 15 is 0 Å². The van der Waals surface area contributed by atoms with Crippen LogP contribution in [0.3, 0.4) is 0 Å². The summed E-state index contributed by atoms with van der Waals surface area (Å²) >= 11 is 4.38. The van der Waals surface area contributed by atoms with Gasteiger partial charge in [0.2, 0.25) is 0 Å². The second-order valence-electron chi connectivity index (χ2n) is 4.99. The molecule has 0 saturated heterocycles. The molecule has 1 nitrogen and oxygen atoms in total. The van der Waals surface area contributed by atoms with E-state index in [4.69, 9.17) is 5.26 Å². The van der Waals surface area contributed by atoms with Crippen molar-refractivity contribution in [1.82, 2.24) is 0 Å². The van der Waals surface area contributed by atoms with E-state index in [0.29, 0.717) is 11.7 Å². The van der Waals surface area contributed by atoms with Crippen LogP contribution in [0.25, 0.3) is 0 Å². The second-order valence-corrected chi connectivity index (χ2v) is 5.72. The predicted molar refractivity (Wildman–Crippen MR) is 79.5 cm³/mol. The van der Waals surface area contributed by atoms with Crippen molar-refractivity contribution in [2.45, 2.75) is 89.2 Å². The quantitative estimate of drug-likeness (QED) is 0.361. The molecule has 0 aromatic heterocycles. The minimum absolute atomic E-state index is 0.300. The van der Waals surface area contributed by atoms with Gasteiger partial charge in [0.05, 0.1) is 6.07 Å². The van der Waals surface area contributed by atoms with Gasteiger partial charge < -0.3 is 0 Å². The van der Waals surface area contributed by atoms with Crippen LogP contribution in [0, 0.1) is 11.3 Å². The third-order valence-corrected chi connectivity index (χ3v) is 3.66. The Bertz CT molecular complexity index is 186. The zero-order valence-corrected chi connectivity index (χ0v) is 12.4. The number of hydrogen-bond acceptors (Lipinski definition) is 2. The summed E-state index contributed by atoms with van der Waals surface area (Å²) in [4.78, 5) is 0. The van der Waals surface area contributed by atoms with Crippen molar-refractivity contribution >= 4 is 12.6 Å². The van der Waals surface area contributed by atoms with Crippen LogP contribution in [-0.4, -0.2) is 5.25 Å². The molecule has 0 aliphatic rings. The summed E-state index contributed by atoms with van der Waals surface area (Å²) in [6, 6.07) is 2.18.